The van der Waals surface area contributed by atoms with E-state index in [2.05, 4.69) is 61.1 Å². The van der Waals surface area contributed by atoms with Gasteiger partial charge in [0.15, 0.2) is 0 Å². The van der Waals surface area contributed by atoms with Crippen molar-refractivity contribution in [2.24, 2.45) is 0 Å². The van der Waals surface area contributed by atoms with Crippen molar-refractivity contribution >= 4 is 22.5 Å². The zero-order valence-electron chi connectivity index (χ0n) is 18.1. The molecule has 0 unspecified atom stereocenters. The Morgan fingerprint density at radius 1 is 1.20 bits per heavy atom. The molecule has 1 saturated heterocycles. The summed E-state index contributed by atoms with van der Waals surface area (Å²) in [6.45, 7) is 12.2. The number of nitrogens with zero attached hydrogens (tertiary/aromatic N) is 3. The lowest BCUT2D eigenvalue weighted by atomic mass is 9.97. The zero-order chi connectivity index (χ0) is 21.0. The minimum atomic E-state index is -0.185. The molecule has 1 fully saturated rings. The van der Waals surface area contributed by atoms with Crippen LogP contribution in [-0.4, -0.2) is 46.4 Å². The molecule has 0 aliphatic carbocycles. The van der Waals surface area contributed by atoms with Crippen LogP contribution in [0.2, 0.25) is 0 Å². The number of aromatic nitrogens is 3. The van der Waals surface area contributed by atoms with Crippen LogP contribution in [0.4, 0.5) is 11.6 Å². The minimum Gasteiger partial charge on any atom is -0.378 e. The van der Waals surface area contributed by atoms with E-state index in [0.717, 1.165) is 54.0 Å². The molecule has 3 aromatic rings. The van der Waals surface area contributed by atoms with Gasteiger partial charge < -0.3 is 19.9 Å². The number of nitrogens with one attached hydrogen (secondary N) is 2. The number of H-pyrrole nitrogens is 1. The van der Waals surface area contributed by atoms with Gasteiger partial charge in [0.25, 0.3) is 5.56 Å². The van der Waals surface area contributed by atoms with Crippen LogP contribution in [0.1, 0.15) is 39.2 Å². The first kappa shape index (κ1) is 19.2. The van der Waals surface area contributed by atoms with Crippen LogP contribution in [0.3, 0.4) is 0 Å². The largest absolute Gasteiger partial charge is 0.378 e. The Labute approximate surface area is 176 Å². The van der Waals surface area contributed by atoms with E-state index in [1.54, 1.807) is 4.57 Å². The molecule has 30 heavy (non-hydrogen) atoms. The third-order valence-corrected chi connectivity index (χ3v) is 6.08. The summed E-state index contributed by atoms with van der Waals surface area (Å²) in [6, 6.07) is 6.47. The molecule has 0 radical (unpaired) electrons. The lowest BCUT2D eigenvalue weighted by Crippen LogP contribution is -2.36. The fraction of sp³-hybridized carbons (Fsp3) is 0.478. The number of ether oxygens (including phenoxy) is 1. The normalized spacial score (nSPS) is 18.1. The van der Waals surface area contributed by atoms with Crippen LogP contribution in [0.5, 0.6) is 0 Å². The third kappa shape index (κ3) is 3.08. The number of anilines is 2. The average molecular weight is 408 g/mol. The van der Waals surface area contributed by atoms with Crippen molar-refractivity contribution in [1.29, 1.82) is 0 Å². The average Bonchev–Trinajstić information content (AvgIpc) is 3.27. The summed E-state index contributed by atoms with van der Waals surface area (Å²) in [5.74, 6) is 0.733. The monoisotopic (exact) mass is 407 g/mol. The first-order chi connectivity index (χ1) is 14.3. The van der Waals surface area contributed by atoms with Crippen molar-refractivity contribution in [3.05, 3.63) is 40.3 Å². The molecule has 4 heterocycles. The maximum atomic E-state index is 13.4. The highest BCUT2D eigenvalue weighted by Gasteiger charge is 2.32. The van der Waals surface area contributed by atoms with Gasteiger partial charge in [0, 0.05) is 47.0 Å². The van der Waals surface area contributed by atoms with E-state index >= 15 is 0 Å². The van der Waals surface area contributed by atoms with E-state index in [1.807, 2.05) is 6.20 Å². The van der Waals surface area contributed by atoms with Crippen molar-refractivity contribution in [3.63, 3.8) is 0 Å². The molecule has 2 aromatic heterocycles. The Bertz CT molecular complexity index is 1170. The predicted molar refractivity (Wildman–Crippen MR) is 121 cm³/mol. The van der Waals surface area contributed by atoms with E-state index in [-0.39, 0.29) is 17.0 Å². The van der Waals surface area contributed by atoms with Crippen LogP contribution >= 0.6 is 0 Å². The molecule has 7 nitrogen and oxygen atoms in total. The molecule has 5 rings (SSSR count). The fourth-order valence-corrected chi connectivity index (χ4v) is 4.60. The lowest BCUT2D eigenvalue weighted by Gasteiger charge is -2.29. The van der Waals surface area contributed by atoms with Crippen LogP contribution in [0.25, 0.3) is 22.2 Å². The van der Waals surface area contributed by atoms with Gasteiger partial charge in [-0.2, -0.15) is 0 Å². The van der Waals surface area contributed by atoms with E-state index in [9.17, 15) is 4.79 Å². The molecular formula is C23H29N5O2. The number of morpholine rings is 1. The van der Waals surface area contributed by atoms with Gasteiger partial charge >= 0.3 is 0 Å². The number of rotatable bonds is 3. The second-order valence-electron chi connectivity index (χ2n) is 9.28. The Morgan fingerprint density at radius 3 is 2.70 bits per heavy atom. The van der Waals surface area contributed by atoms with Gasteiger partial charge in [0.2, 0.25) is 5.95 Å². The van der Waals surface area contributed by atoms with Crippen molar-refractivity contribution in [3.8, 4) is 11.3 Å². The molecule has 0 atom stereocenters. The molecule has 0 amide bonds. The Morgan fingerprint density at radius 2 is 1.97 bits per heavy atom. The number of aromatic amines is 1. The minimum absolute atomic E-state index is 0.0572. The first-order valence-corrected chi connectivity index (χ1v) is 10.7. The second kappa shape index (κ2) is 6.87. The van der Waals surface area contributed by atoms with Gasteiger partial charge in [-0.3, -0.25) is 9.36 Å². The SMILES string of the molecule is CC(C)c1c(-c2c[nH]c3ccc(N4CCOCC4)cc23)nc2n(c1=O)CC(C)(C)N2. The summed E-state index contributed by atoms with van der Waals surface area (Å²) in [6.07, 6.45) is 1.98. The number of benzene rings is 1. The predicted octanol–water partition coefficient (Wildman–Crippen LogP) is 3.56. The standard InChI is InChI=1S/C23H29N5O2/c1-14(2)19-20(25-22-26-23(3,4)13-28(22)21(19)29)17-12-24-18-6-5-15(11-16(17)18)27-7-9-30-10-8-27/h5-6,11-12,14,24H,7-10,13H2,1-4H3,(H,25,26). The molecule has 0 saturated carbocycles. The van der Waals surface area contributed by atoms with Gasteiger partial charge in [0.05, 0.1) is 31.0 Å². The first-order valence-electron chi connectivity index (χ1n) is 10.7. The topological polar surface area (TPSA) is 75.2 Å². The molecule has 7 heteroatoms. The Kier molecular flexibility index (Phi) is 4.39. The van der Waals surface area contributed by atoms with Crippen molar-refractivity contribution < 1.29 is 4.74 Å². The van der Waals surface area contributed by atoms with Crippen LogP contribution < -0.4 is 15.8 Å². The Balaban J connectivity index is 1.69. The highest BCUT2D eigenvalue weighted by Crippen LogP contribution is 2.36. The van der Waals surface area contributed by atoms with Gasteiger partial charge in [-0.05, 0) is 38.0 Å². The quantitative estimate of drug-likeness (QED) is 0.694. The fourth-order valence-electron chi connectivity index (χ4n) is 4.60. The Hall–Kier alpha value is -2.80. The second-order valence-corrected chi connectivity index (χ2v) is 9.28. The van der Waals surface area contributed by atoms with Gasteiger partial charge in [-0.1, -0.05) is 13.8 Å². The maximum absolute atomic E-state index is 13.4. The number of hydrogen-bond acceptors (Lipinski definition) is 5. The van der Waals surface area contributed by atoms with Crippen LogP contribution in [0.15, 0.2) is 29.2 Å². The van der Waals surface area contributed by atoms with E-state index in [4.69, 9.17) is 9.72 Å². The summed E-state index contributed by atoms with van der Waals surface area (Å²) in [4.78, 5) is 24.1. The van der Waals surface area contributed by atoms with E-state index in [0.29, 0.717) is 12.5 Å². The summed E-state index contributed by atoms with van der Waals surface area (Å²) < 4.78 is 7.28. The summed E-state index contributed by atoms with van der Waals surface area (Å²) >= 11 is 0. The third-order valence-electron chi connectivity index (χ3n) is 6.08. The van der Waals surface area contributed by atoms with E-state index in [1.165, 1.54) is 5.69 Å². The summed E-state index contributed by atoms with van der Waals surface area (Å²) in [7, 11) is 0. The zero-order valence-corrected chi connectivity index (χ0v) is 18.1. The van der Waals surface area contributed by atoms with Crippen LogP contribution in [-0.2, 0) is 11.3 Å². The molecule has 2 aliphatic heterocycles. The van der Waals surface area contributed by atoms with E-state index < -0.39 is 0 Å². The molecular weight excluding hydrogens is 378 g/mol. The smallest absolute Gasteiger partial charge is 0.259 e. The number of hydrogen-bond donors (Lipinski definition) is 2. The van der Waals surface area contributed by atoms with Gasteiger partial charge in [-0.15, -0.1) is 0 Å². The molecule has 0 spiro atoms. The summed E-state index contributed by atoms with van der Waals surface area (Å²) in [5, 5.41) is 4.51. The van der Waals surface area contributed by atoms with Crippen LogP contribution in [0, 0.1) is 0 Å². The number of fused-ring (bicyclic) bond motifs is 2. The lowest BCUT2D eigenvalue weighted by molar-refractivity contribution is 0.122. The highest BCUT2D eigenvalue weighted by molar-refractivity contribution is 5.97. The summed E-state index contributed by atoms with van der Waals surface area (Å²) in [5.41, 5.74) is 4.63. The van der Waals surface area contributed by atoms with Gasteiger partial charge in [0.1, 0.15) is 0 Å². The van der Waals surface area contributed by atoms with Crippen molar-refractivity contribution in [2.75, 3.05) is 36.5 Å². The molecule has 158 valence electrons. The van der Waals surface area contributed by atoms with Crippen molar-refractivity contribution in [2.45, 2.75) is 45.7 Å². The van der Waals surface area contributed by atoms with Gasteiger partial charge in [-0.25, -0.2) is 4.98 Å². The molecule has 1 aromatic carbocycles. The molecule has 2 N–H and O–H groups in total. The maximum Gasteiger partial charge on any atom is 0.259 e. The highest BCUT2D eigenvalue weighted by atomic mass is 16.5. The molecule has 0 bridgehead atoms. The van der Waals surface area contributed by atoms with Crippen molar-refractivity contribution in [1.82, 2.24) is 14.5 Å². The molecule has 2 aliphatic rings.